The molecule has 0 spiro atoms. The second-order valence-electron chi connectivity index (χ2n) is 34.2. The standard InChI is InChI=1S/C21H26O3S.C20H24O2S2.C20H24O2S.C19H21ClO2S.C19H21FO2S.C19H22O2S/c1-6-21(22)25-20-10-8-9-18(23-7-2)17(20)13-24-19-12-15(4)14(3)11-16(19)5;1-5-20(21)24-19-8-6-7-16(12-23)17(19)11-22-18-10-14(3)13(2)9-15(18)4;1-6-20(21)23-19-9-7-8-13(2)17(19)12-22-18-11-15(4)14(3)10-16(18)5;2*1-5-19(23)22-17-8-6-7-16(20)15(17)11-21-18-10-13(3)12(2)9-14(18)4;1-5-19(22)21-17-9-7-6-8-16(17)12-20-18-11-14(3)13(2)10-15(18)4/h8-12H,6-7,13H2,1-5H3;6-10,23H,5,11-12H2,1-4H3;7-11H,6,12H2,1-5H3;2*6-10H,5,11H2,1-4H3;6-11H,5,12H2,1-4H3. The van der Waals surface area contributed by atoms with E-state index in [2.05, 4.69) is 189 Å². The number of halogens is 2. The van der Waals surface area contributed by atoms with Gasteiger partial charge in [-0.25, -0.2) is 4.39 Å². The Hall–Kier alpha value is -10.5. The van der Waals surface area contributed by atoms with Crippen LogP contribution in [-0.2, 0) is 59.8 Å². The van der Waals surface area contributed by atoms with E-state index in [-0.39, 0.29) is 27.8 Å². The summed E-state index contributed by atoms with van der Waals surface area (Å²) in [6, 6.07) is 61.1. The van der Waals surface area contributed by atoms with Gasteiger partial charge in [0.05, 0.1) is 22.8 Å². The average molecular weight is 2040 g/mol. The number of benzene rings is 12. The Balaban J connectivity index is 0.000000228. The molecule has 0 saturated carbocycles. The van der Waals surface area contributed by atoms with Gasteiger partial charge in [0.1, 0.15) is 103 Å². The fourth-order valence-electron chi connectivity index (χ4n) is 13.9. The maximum absolute atomic E-state index is 14.1. The average Bonchev–Trinajstić information content (AvgIpc) is 0.858. The summed E-state index contributed by atoms with van der Waals surface area (Å²) in [6.07, 6.45) is 3.56. The van der Waals surface area contributed by atoms with Crippen molar-refractivity contribution in [2.75, 3.05) is 6.61 Å². The quantitative estimate of drug-likeness (QED) is 0.0236. The molecule has 0 radical (unpaired) electrons. The topological polar surface area (TPSA) is 144 Å². The van der Waals surface area contributed by atoms with Crippen LogP contribution in [0.5, 0.6) is 57.5 Å². The number of thioether (sulfide) groups is 3. The minimum absolute atomic E-state index is 0.0949. The number of rotatable bonds is 33. The normalized spacial score (nSPS) is 10.6. The fourth-order valence-corrected chi connectivity index (χ4v) is 17.3. The van der Waals surface area contributed by atoms with Crippen molar-refractivity contribution >= 4 is 127 Å². The maximum atomic E-state index is 14.1. The third kappa shape index (κ3) is 36.2. The third-order valence-electron chi connectivity index (χ3n) is 23.3. The van der Waals surface area contributed by atoms with E-state index < -0.39 is 0 Å². The molecule has 13 nitrogen and oxygen atoms in total. The van der Waals surface area contributed by atoms with E-state index in [9.17, 15) is 18.8 Å². The van der Waals surface area contributed by atoms with E-state index in [0.29, 0.717) is 115 Å². The van der Waals surface area contributed by atoms with Crippen molar-refractivity contribution in [3.8, 4) is 57.5 Å². The van der Waals surface area contributed by atoms with Crippen LogP contribution < -0.4 is 47.4 Å². The van der Waals surface area contributed by atoms with Crippen LogP contribution in [0.4, 0.5) is 4.39 Å². The molecule has 0 saturated heterocycles. The van der Waals surface area contributed by atoms with Gasteiger partial charge < -0.3 is 47.4 Å². The van der Waals surface area contributed by atoms with E-state index in [1.54, 1.807) is 12.1 Å². The molecule has 0 aromatic heterocycles. The van der Waals surface area contributed by atoms with Crippen molar-refractivity contribution in [3.05, 3.63) is 344 Å². The minimum atomic E-state index is -0.358. The highest BCUT2D eigenvalue weighted by Crippen LogP contribution is 2.39. The van der Waals surface area contributed by atoms with Crippen molar-refractivity contribution < 1.29 is 66.1 Å². The maximum Gasteiger partial charge on any atom is 0.193 e. The molecule has 12 aromatic rings. The highest BCUT2D eigenvalue weighted by Gasteiger charge is 2.22. The number of aryl methyl sites for hydroxylation is 19. The molecule has 0 aliphatic carbocycles. The minimum Gasteiger partial charge on any atom is -0.493 e. The van der Waals surface area contributed by atoms with E-state index in [1.165, 1.54) is 103 Å². The van der Waals surface area contributed by atoms with Crippen molar-refractivity contribution in [1.82, 2.24) is 0 Å². The van der Waals surface area contributed by atoms with E-state index in [0.717, 1.165) is 145 Å². The van der Waals surface area contributed by atoms with Crippen LogP contribution in [0.1, 0.15) is 232 Å². The van der Waals surface area contributed by atoms with Gasteiger partial charge in [0.2, 0.25) is 0 Å². The molecule has 22 heteroatoms. The predicted molar refractivity (Wildman–Crippen MR) is 596 cm³/mol. The molecule has 12 aromatic carbocycles. The van der Waals surface area contributed by atoms with E-state index in [4.69, 9.17) is 95.6 Å². The van der Waals surface area contributed by atoms with Crippen LogP contribution in [0.2, 0.25) is 5.02 Å². The van der Waals surface area contributed by atoms with E-state index in [1.807, 2.05) is 173 Å². The van der Waals surface area contributed by atoms with Crippen LogP contribution in [0.15, 0.2) is 203 Å². The number of carbonyl (C=O) groups excluding carboxylic acids is 3. The summed E-state index contributed by atoms with van der Waals surface area (Å²) in [6.45, 7) is 55.6. The van der Waals surface area contributed by atoms with Crippen molar-refractivity contribution in [2.24, 2.45) is 0 Å². The van der Waals surface area contributed by atoms with Gasteiger partial charge in [0.25, 0.3) is 0 Å². The zero-order valence-corrected chi connectivity index (χ0v) is 92.8. The van der Waals surface area contributed by atoms with Gasteiger partial charge in [-0.15, -0.1) is 0 Å². The first kappa shape index (κ1) is 117. The molecule has 744 valence electrons. The Morgan fingerprint density at radius 3 is 0.929 bits per heavy atom. The number of hydrogen-bond donors (Lipinski definition) is 1. The summed E-state index contributed by atoms with van der Waals surface area (Å²) in [5, 5.41) is 2.65. The zero-order valence-electron chi connectivity index (χ0n) is 86.3. The van der Waals surface area contributed by atoms with Crippen molar-refractivity contribution in [2.45, 2.75) is 279 Å². The van der Waals surface area contributed by atoms with Gasteiger partial charge in [-0.1, -0.05) is 185 Å². The van der Waals surface area contributed by atoms with E-state index >= 15 is 0 Å². The van der Waals surface area contributed by atoms with Crippen molar-refractivity contribution in [3.63, 3.8) is 0 Å². The number of thiol groups is 1. The Bertz CT molecular complexity index is 5990. The lowest BCUT2D eigenvalue weighted by atomic mass is 10.1. The summed E-state index contributed by atoms with van der Waals surface area (Å²) in [5.41, 5.74) is 28.9. The molecule has 0 unspecified atom stereocenters. The number of ether oxygens (including phenoxy) is 10. The predicted octanol–water partition coefficient (Wildman–Crippen LogP) is 33.5. The molecule has 0 fully saturated rings. The SMILES string of the molecule is CCC(=O)Sc1cccc(C)c1COc1cc(C)c(C)cc1C.CCC(=O)Sc1cccc(CS)c1COc1cc(C)c(C)cc1C.CCC(=S)Oc1cccc(Cl)c1COc1cc(C)c(C)cc1C.CCC(=S)Oc1cccc(F)c1COc1cc(C)c(C)cc1C.CCC(=S)Oc1ccccc1COc1cc(C)c(C)cc1C.CCOc1cccc(SC(=O)CC)c1COc1cc(C)c(C)cc1C. The summed E-state index contributed by atoms with van der Waals surface area (Å²) in [7, 11) is 0. The molecule has 0 aliphatic heterocycles. The summed E-state index contributed by atoms with van der Waals surface area (Å²) >= 11 is 30.0. The van der Waals surface area contributed by atoms with Crippen LogP contribution in [0, 0.1) is 137 Å². The molecule has 12 rings (SSSR count). The summed E-state index contributed by atoms with van der Waals surface area (Å²) in [4.78, 5) is 38.4. The van der Waals surface area contributed by atoms with Gasteiger partial charge in [-0.2, -0.15) is 12.6 Å². The summed E-state index contributed by atoms with van der Waals surface area (Å²) in [5.74, 6) is 8.08. The van der Waals surface area contributed by atoms with Crippen LogP contribution in [0.3, 0.4) is 0 Å². The number of hydrogen-bond acceptors (Lipinski definition) is 20. The Labute approximate surface area is 872 Å². The molecule has 0 aliphatic rings. The zero-order chi connectivity index (χ0) is 103. The third-order valence-corrected chi connectivity index (χ3v) is 28.5. The number of thiocarbonyl (C=S) groups is 3. The van der Waals surface area contributed by atoms with Gasteiger partial charge in [0.15, 0.2) is 30.5 Å². The van der Waals surface area contributed by atoms with Crippen molar-refractivity contribution in [1.29, 1.82) is 0 Å². The first-order valence-electron chi connectivity index (χ1n) is 47.3. The van der Waals surface area contributed by atoms with Gasteiger partial charge >= 0.3 is 0 Å². The second kappa shape index (κ2) is 58.8. The van der Waals surface area contributed by atoms with Crippen LogP contribution in [0.25, 0.3) is 0 Å². The Kier molecular flexibility index (Phi) is 48.9. The molecular formula is C118H138ClFO13S7. The van der Waals surface area contributed by atoms with Crippen LogP contribution in [-0.4, -0.2) is 37.1 Å². The monoisotopic (exact) mass is 2040 g/mol. The van der Waals surface area contributed by atoms with Gasteiger partial charge in [-0.3, -0.25) is 14.4 Å². The Morgan fingerprint density at radius 2 is 0.550 bits per heavy atom. The first-order chi connectivity index (χ1) is 66.7. The molecule has 0 amide bonds. The largest absolute Gasteiger partial charge is 0.493 e. The fraction of sp³-hybridized carbons (Fsp3) is 0.339. The number of para-hydroxylation sites is 1. The highest BCUT2D eigenvalue weighted by atomic mass is 35.5. The molecule has 0 heterocycles. The lowest BCUT2D eigenvalue weighted by Gasteiger charge is -2.17. The molecule has 0 atom stereocenters. The lowest BCUT2D eigenvalue weighted by Crippen LogP contribution is -2.08. The summed E-state index contributed by atoms with van der Waals surface area (Å²) < 4.78 is 72.9. The lowest BCUT2D eigenvalue weighted by molar-refractivity contribution is -0.111. The van der Waals surface area contributed by atoms with Crippen LogP contribution >= 0.6 is 96.2 Å². The molecule has 0 bridgehead atoms. The molecule has 0 N–H and O–H groups in total. The van der Waals surface area contributed by atoms with Gasteiger partial charge in [0, 0.05) is 81.2 Å². The second-order valence-corrected chi connectivity index (χ2v) is 39.6. The molecular weight excluding hydrogens is 1900 g/mol. The molecule has 140 heavy (non-hydrogen) atoms. The first-order valence-corrected chi connectivity index (χ1v) is 52.0. The Morgan fingerprint density at radius 1 is 0.271 bits per heavy atom. The van der Waals surface area contributed by atoms with Gasteiger partial charge in [-0.05, 0) is 377 Å². The smallest absolute Gasteiger partial charge is 0.193 e. The highest BCUT2D eigenvalue weighted by molar-refractivity contribution is 8.14. The number of carbonyl (C=O) groups is 3.